The molecule has 0 saturated carbocycles. The van der Waals surface area contributed by atoms with Gasteiger partial charge in [-0.05, 0) is 30.7 Å². The molecule has 2 aromatic rings. The van der Waals surface area contributed by atoms with Crippen LogP contribution in [0.3, 0.4) is 0 Å². The second-order valence-corrected chi connectivity index (χ2v) is 3.37. The maximum atomic E-state index is 9.00. The van der Waals surface area contributed by atoms with Gasteiger partial charge in [-0.25, -0.2) is 0 Å². The van der Waals surface area contributed by atoms with Crippen LogP contribution in [-0.2, 0) is 6.61 Å². The third-order valence-electron chi connectivity index (χ3n) is 2.20. The molecule has 0 unspecified atom stereocenters. The van der Waals surface area contributed by atoms with Crippen LogP contribution in [0.1, 0.15) is 11.3 Å². The Labute approximate surface area is 82.2 Å². The number of anilines is 1. The van der Waals surface area contributed by atoms with Crippen LogP contribution >= 0.6 is 0 Å². The summed E-state index contributed by atoms with van der Waals surface area (Å²) in [6.45, 7) is 1.94. The van der Waals surface area contributed by atoms with Crippen molar-refractivity contribution in [2.45, 2.75) is 13.5 Å². The first-order valence-corrected chi connectivity index (χ1v) is 4.47. The highest BCUT2D eigenvalue weighted by Crippen LogP contribution is 2.21. The summed E-state index contributed by atoms with van der Waals surface area (Å²) in [5.41, 5.74) is 9.02. The summed E-state index contributed by atoms with van der Waals surface area (Å²) in [4.78, 5) is 4.34. The van der Waals surface area contributed by atoms with Crippen LogP contribution in [0.4, 0.5) is 5.69 Å². The van der Waals surface area contributed by atoms with Crippen LogP contribution in [0.5, 0.6) is 0 Å². The van der Waals surface area contributed by atoms with Crippen LogP contribution < -0.4 is 5.73 Å². The molecule has 1 aromatic heterocycles. The highest BCUT2D eigenvalue weighted by molar-refractivity contribution is 5.90. The Bertz CT molecular complexity index is 480. The lowest BCUT2D eigenvalue weighted by atomic mass is 10.1. The van der Waals surface area contributed by atoms with Crippen molar-refractivity contribution < 1.29 is 5.11 Å². The Balaban J connectivity index is 2.76. The molecular formula is C11H12N2O. The Morgan fingerprint density at radius 2 is 2.14 bits per heavy atom. The molecule has 2 rings (SSSR count). The topological polar surface area (TPSA) is 59.1 Å². The van der Waals surface area contributed by atoms with Gasteiger partial charge >= 0.3 is 0 Å². The van der Waals surface area contributed by atoms with E-state index in [1.807, 2.05) is 25.1 Å². The molecule has 1 heterocycles. The Kier molecular flexibility index (Phi) is 2.09. The molecule has 0 atom stereocenters. The van der Waals surface area contributed by atoms with Crippen LogP contribution in [0.2, 0.25) is 0 Å². The molecule has 72 valence electrons. The maximum absolute atomic E-state index is 9.00. The van der Waals surface area contributed by atoms with Crippen molar-refractivity contribution in [2.75, 3.05) is 5.73 Å². The minimum atomic E-state index is 0.00795. The molecule has 0 aliphatic rings. The van der Waals surface area contributed by atoms with E-state index in [1.165, 1.54) is 0 Å². The fourth-order valence-electron chi connectivity index (χ4n) is 1.52. The molecule has 0 aliphatic heterocycles. The zero-order chi connectivity index (χ0) is 10.1. The van der Waals surface area contributed by atoms with E-state index in [0.717, 1.165) is 22.2 Å². The van der Waals surface area contributed by atoms with Crippen molar-refractivity contribution in [2.24, 2.45) is 0 Å². The monoisotopic (exact) mass is 188 g/mol. The molecule has 0 radical (unpaired) electrons. The lowest BCUT2D eigenvalue weighted by molar-refractivity contribution is 0.282. The summed E-state index contributed by atoms with van der Waals surface area (Å²) >= 11 is 0. The molecule has 3 heteroatoms. The van der Waals surface area contributed by atoms with Gasteiger partial charge in [0.2, 0.25) is 0 Å². The summed E-state index contributed by atoms with van der Waals surface area (Å²) in [7, 11) is 0. The predicted octanol–water partition coefficient (Wildman–Crippen LogP) is 1.62. The van der Waals surface area contributed by atoms with E-state index in [2.05, 4.69) is 4.98 Å². The number of nitrogens with zero attached hydrogens (tertiary/aromatic N) is 1. The van der Waals surface area contributed by atoms with Crippen molar-refractivity contribution in [1.29, 1.82) is 0 Å². The second kappa shape index (κ2) is 3.27. The van der Waals surface area contributed by atoms with Gasteiger partial charge in [-0.15, -0.1) is 0 Å². The van der Waals surface area contributed by atoms with E-state index < -0.39 is 0 Å². The summed E-state index contributed by atoms with van der Waals surface area (Å²) in [5.74, 6) is 0. The normalized spacial score (nSPS) is 10.7. The molecule has 0 amide bonds. The number of pyridine rings is 1. The second-order valence-electron chi connectivity index (χ2n) is 3.37. The highest BCUT2D eigenvalue weighted by atomic mass is 16.3. The quantitative estimate of drug-likeness (QED) is 0.668. The largest absolute Gasteiger partial charge is 0.397 e. The maximum Gasteiger partial charge on any atom is 0.0934 e. The van der Waals surface area contributed by atoms with Crippen LogP contribution in [0.15, 0.2) is 24.3 Å². The highest BCUT2D eigenvalue weighted by Gasteiger charge is 2.02. The third-order valence-corrected chi connectivity index (χ3v) is 2.20. The smallest absolute Gasteiger partial charge is 0.0934 e. The van der Waals surface area contributed by atoms with Gasteiger partial charge in [0, 0.05) is 11.1 Å². The molecular weight excluding hydrogens is 176 g/mol. The van der Waals surface area contributed by atoms with Gasteiger partial charge in [0.15, 0.2) is 0 Å². The number of benzene rings is 1. The summed E-state index contributed by atoms with van der Waals surface area (Å²) < 4.78 is 0. The lowest BCUT2D eigenvalue weighted by Crippen LogP contribution is -1.94. The van der Waals surface area contributed by atoms with Crippen LogP contribution in [0.25, 0.3) is 10.9 Å². The SMILES string of the molecule is Cc1ccc2cc(CO)cc(N)c2n1. The molecule has 3 N–H and O–H groups in total. The first-order chi connectivity index (χ1) is 6.70. The average molecular weight is 188 g/mol. The molecule has 0 fully saturated rings. The molecule has 0 bridgehead atoms. The average Bonchev–Trinajstić information content (AvgIpc) is 2.19. The molecule has 0 saturated heterocycles. The molecule has 0 spiro atoms. The van der Waals surface area contributed by atoms with E-state index in [4.69, 9.17) is 10.8 Å². The summed E-state index contributed by atoms with van der Waals surface area (Å²) in [6, 6.07) is 7.56. The number of hydrogen-bond acceptors (Lipinski definition) is 3. The summed E-state index contributed by atoms with van der Waals surface area (Å²) in [6.07, 6.45) is 0. The zero-order valence-electron chi connectivity index (χ0n) is 7.99. The fourth-order valence-corrected chi connectivity index (χ4v) is 1.52. The van der Waals surface area contributed by atoms with Gasteiger partial charge < -0.3 is 10.8 Å². The Morgan fingerprint density at radius 3 is 2.86 bits per heavy atom. The van der Waals surface area contributed by atoms with Crippen molar-refractivity contribution in [1.82, 2.24) is 4.98 Å². The summed E-state index contributed by atoms with van der Waals surface area (Å²) in [5, 5.41) is 9.97. The number of hydrogen-bond donors (Lipinski definition) is 2. The van der Waals surface area contributed by atoms with E-state index in [0.29, 0.717) is 5.69 Å². The number of aliphatic hydroxyl groups is 1. The minimum absolute atomic E-state index is 0.00795. The van der Waals surface area contributed by atoms with Crippen molar-refractivity contribution in [3.63, 3.8) is 0 Å². The minimum Gasteiger partial charge on any atom is -0.397 e. The Hall–Kier alpha value is -1.61. The van der Waals surface area contributed by atoms with Gasteiger partial charge in [0.05, 0.1) is 17.8 Å². The van der Waals surface area contributed by atoms with Crippen molar-refractivity contribution in [3.05, 3.63) is 35.5 Å². The zero-order valence-corrected chi connectivity index (χ0v) is 7.99. The number of rotatable bonds is 1. The van der Waals surface area contributed by atoms with E-state index in [1.54, 1.807) is 6.07 Å². The molecule has 0 aliphatic carbocycles. The van der Waals surface area contributed by atoms with Gasteiger partial charge in [-0.3, -0.25) is 4.98 Å². The molecule has 1 aromatic carbocycles. The number of aliphatic hydroxyl groups excluding tert-OH is 1. The number of fused-ring (bicyclic) bond motifs is 1. The number of aryl methyl sites for hydroxylation is 1. The third kappa shape index (κ3) is 1.42. The van der Waals surface area contributed by atoms with E-state index >= 15 is 0 Å². The number of nitrogens with two attached hydrogens (primary N) is 1. The van der Waals surface area contributed by atoms with Crippen LogP contribution in [0, 0.1) is 6.92 Å². The van der Waals surface area contributed by atoms with E-state index in [-0.39, 0.29) is 6.61 Å². The van der Waals surface area contributed by atoms with Crippen LogP contribution in [-0.4, -0.2) is 10.1 Å². The van der Waals surface area contributed by atoms with Crippen molar-refractivity contribution in [3.8, 4) is 0 Å². The van der Waals surface area contributed by atoms with Crippen molar-refractivity contribution >= 4 is 16.6 Å². The first kappa shape index (κ1) is 8.97. The molecule has 14 heavy (non-hydrogen) atoms. The van der Waals surface area contributed by atoms with E-state index in [9.17, 15) is 0 Å². The van der Waals surface area contributed by atoms with Gasteiger partial charge in [0.25, 0.3) is 0 Å². The number of aromatic nitrogens is 1. The standard InChI is InChI=1S/C11H12N2O/c1-7-2-3-9-4-8(6-14)5-10(12)11(9)13-7/h2-5,14H,6,12H2,1H3. The Morgan fingerprint density at radius 1 is 1.36 bits per heavy atom. The number of nitrogen functional groups attached to an aromatic ring is 1. The fraction of sp³-hybridized carbons (Fsp3) is 0.182. The first-order valence-electron chi connectivity index (χ1n) is 4.47. The predicted molar refractivity (Wildman–Crippen MR) is 56.8 cm³/mol. The van der Waals surface area contributed by atoms with Gasteiger partial charge in [0.1, 0.15) is 0 Å². The van der Waals surface area contributed by atoms with Gasteiger partial charge in [-0.2, -0.15) is 0 Å². The lowest BCUT2D eigenvalue weighted by Gasteiger charge is -2.05. The van der Waals surface area contributed by atoms with Gasteiger partial charge in [-0.1, -0.05) is 6.07 Å². The molecule has 3 nitrogen and oxygen atoms in total.